The van der Waals surface area contributed by atoms with Crippen molar-refractivity contribution < 1.29 is 4.79 Å². The summed E-state index contributed by atoms with van der Waals surface area (Å²) in [6.07, 6.45) is 1.03. The van der Waals surface area contributed by atoms with Crippen molar-refractivity contribution in [3.8, 4) is 0 Å². The number of carbonyl (C=O) groups excluding carboxylic acids is 1. The molecule has 0 atom stereocenters. The molecule has 1 N–H and O–H groups in total. The molecule has 2 rings (SSSR count). The zero-order chi connectivity index (χ0) is 14.5. The zero-order valence-corrected chi connectivity index (χ0v) is 14.9. The number of hydrogen-bond acceptors (Lipinski definition) is 1. The van der Waals surface area contributed by atoms with Crippen LogP contribution in [0.15, 0.2) is 46.9 Å². The molecule has 0 aliphatic heterocycles. The Morgan fingerprint density at radius 3 is 2.45 bits per heavy atom. The largest absolute Gasteiger partial charge is 0.348 e. The second-order valence-electron chi connectivity index (χ2n) is 4.48. The molecule has 4 heteroatoms. The van der Waals surface area contributed by atoms with E-state index >= 15 is 0 Å². The Balaban J connectivity index is 2.02. The number of carbonyl (C=O) groups is 1. The van der Waals surface area contributed by atoms with Gasteiger partial charge in [0.15, 0.2) is 0 Å². The van der Waals surface area contributed by atoms with Gasteiger partial charge in [-0.2, -0.15) is 0 Å². The van der Waals surface area contributed by atoms with Crippen LogP contribution in [0.4, 0.5) is 0 Å². The van der Waals surface area contributed by atoms with Crippen molar-refractivity contribution in [2.45, 2.75) is 19.9 Å². The third kappa shape index (κ3) is 4.06. The molecule has 2 aromatic carbocycles. The lowest BCUT2D eigenvalue weighted by atomic mass is 10.1. The fraction of sp³-hybridized carbons (Fsp3) is 0.188. The summed E-state index contributed by atoms with van der Waals surface area (Å²) in [7, 11) is 0. The van der Waals surface area contributed by atoms with Gasteiger partial charge in [-0.15, -0.1) is 0 Å². The summed E-state index contributed by atoms with van der Waals surface area (Å²) in [4.78, 5) is 12.2. The fourth-order valence-corrected chi connectivity index (χ4v) is 2.76. The smallest absolute Gasteiger partial charge is 0.252 e. The summed E-state index contributed by atoms with van der Waals surface area (Å²) in [6, 6.07) is 14.1. The van der Waals surface area contributed by atoms with Crippen molar-refractivity contribution in [2.75, 3.05) is 0 Å². The molecular weight excluding hydrogens is 429 g/mol. The van der Waals surface area contributed by atoms with Crippen LogP contribution in [-0.2, 0) is 13.0 Å². The minimum Gasteiger partial charge on any atom is -0.348 e. The van der Waals surface area contributed by atoms with Crippen molar-refractivity contribution in [2.24, 2.45) is 0 Å². The van der Waals surface area contributed by atoms with Gasteiger partial charge in [-0.1, -0.05) is 31.2 Å². The number of nitrogens with one attached hydrogen (secondary N) is 1. The van der Waals surface area contributed by atoms with Gasteiger partial charge in [0, 0.05) is 14.6 Å². The van der Waals surface area contributed by atoms with E-state index in [0.29, 0.717) is 12.1 Å². The first-order chi connectivity index (χ1) is 9.60. The molecule has 104 valence electrons. The van der Waals surface area contributed by atoms with Crippen LogP contribution >= 0.6 is 38.5 Å². The van der Waals surface area contributed by atoms with Crippen LogP contribution in [0.1, 0.15) is 28.4 Å². The molecule has 0 unspecified atom stereocenters. The molecule has 0 saturated heterocycles. The van der Waals surface area contributed by atoms with Gasteiger partial charge in [-0.25, -0.2) is 0 Å². The molecule has 0 aromatic heterocycles. The molecule has 1 amide bonds. The van der Waals surface area contributed by atoms with E-state index in [0.717, 1.165) is 20.0 Å². The van der Waals surface area contributed by atoms with Crippen LogP contribution < -0.4 is 5.32 Å². The SMILES string of the molecule is CCc1ccc(CNC(=O)c2cc(I)ccc2Br)cc1. The van der Waals surface area contributed by atoms with Gasteiger partial charge in [-0.3, -0.25) is 4.79 Å². The average molecular weight is 444 g/mol. The van der Waals surface area contributed by atoms with Gasteiger partial charge in [-0.05, 0) is 74.3 Å². The van der Waals surface area contributed by atoms with Gasteiger partial charge in [0.2, 0.25) is 0 Å². The first-order valence-corrected chi connectivity index (χ1v) is 8.28. The Hall–Kier alpha value is -0.880. The van der Waals surface area contributed by atoms with E-state index in [1.807, 2.05) is 18.2 Å². The predicted molar refractivity (Wildman–Crippen MR) is 93.8 cm³/mol. The van der Waals surface area contributed by atoms with E-state index in [2.05, 4.69) is 75.0 Å². The number of benzene rings is 2. The molecule has 2 aromatic rings. The van der Waals surface area contributed by atoms with Gasteiger partial charge in [0.1, 0.15) is 0 Å². The van der Waals surface area contributed by atoms with Gasteiger partial charge in [0.25, 0.3) is 5.91 Å². The van der Waals surface area contributed by atoms with E-state index in [4.69, 9.17) is 0 Å². The highest BCUT2D eigenvalue weighted by molar-refractivity contribution is 14.1. The Morgan fingerprint density at radius 2 is 1.80 bits per heavy atom. The average Bonchev–Trinajstić information content (AvgIpc) is 2.47. The maximum Gasteiger partial charge on any atom is 0.252 e. The van der Waals surface area contributed by atoms with Crippen molar-refractivity contribution in [1.29, 1.82) is 0 Å². The molecule has 0 bridgehead atoms. The zero-order valence-electron chi connectivity index (χ0n) is 11.1. The van der Waals surface area contributed by atoms with E-state index in [1.54, 1.807) is 0 Å². The van der Waals surface area contributed by atoms with E-state index < -0.39 is 0 Å². The molecular formula is C16H15BrINO. The summed E-state index contributed by atoms with van der Waals surface area (Å²) in [5.74, 6) is -0.0602. The summed E-state index contributed by atoms with van der Waals surface area (Å²) < 4.78 is 1.86. The lowest BCUT2D eigenvalue weighted by molar-refractivity contribution is 0.0950. The summed E-state index contributed by atoms with van der Waals surface area (Å²) in [6.45, 7) is 2.67. The maximum absolute atomic E-state index is 12.2. The monoisotopic (exact) mass is 443 g/mol. The molecule has 0 aliphatic rings. The third-order valence-electron chi connectivity index (χ3n) is 3.06. The lowest BCUT2D eigenvalue weighted by Gasteiger charge is -2.08. The maximum atomic E-state index is 12.2. The van der Waals surface area contributed by atoms with Crippen molar-refractivity contribution >= 4 is 44.4 Å². The number of aryl methyl sites for hydroxylation is 1. The second kappa shape index (κ2) is 7.22. The van der Waals surface area contributed by atoms with Gasteiger partial charge < -0.3 is 5.32 Å². The topological polar surface area (TPSA) is 29.1 Å². The molecule has 0 saturated carbocycles. The Kier molecular flexibility index (Phi) is 5.60. The number of halogens is 2. The van der Waals surface area contributed by atoms with Crippen LogP contribution in [0, 0.1) is 3.57 Å². The molecule has 2 nitrogen and oxygen atoms in total. The minimum atomic E-state index is -0.0602. The summed E-state index contributed by atoms with van der Waals surface area (Å²) in [5, 5.41) is 2.95. The van der Waals surface area contributed by atoms with Crippen LogP contribution in [0.5, 0.6) is 0 Å². The summed E-state index contributed by atoms with van der Waals surface area (Å²) >= 11 is 5.61. The Labute approximate surface area is 141 Å². The molecule has 0 fully saturated rings. The number of amides is 1. The molecule has 0 aliphatic carbocycles. The highest BCUT2D eigenvalue weighted by Crippen LogP contribution is 2.19. The van der Waals surface area contributed by atoms with Gasteiger partial charge >= 0.3 is 0 Å². The number of rotatable bonds is 4. The van der Waals surface area contributed by atoms with Crippen LogP contribution in [0.3, 0.4) is 0 Å². The normalized spacial score (nSPS) is 10.3. The van der Waals surface area contributed by atoms with Crippen LogP contribution in [-0.4, -0.2) is 5.91 Å². The molecule has 0 radical (unpaired) electrons. The van der Waals surface area contributed by atoms with Crippen LogP contribution in [0.2, 0.25) is 0 Å². The first-order valence-electron chi connectivity index (χ1n) is 6.41. The lowest BCUT2D eigenvalue weighted by Crippen LogP contribution is -2.23. The molecule has 0 heterocycles. The number of hydrogen-bond donors (Lipinski definition) is 1. The Bertz CT molecular complexity index is 610. The Morgan fingerprint density at radius 1 is 1.15 bits per heavy atom. The quantitative estimate of drug-likeness (QED) is 0.690. The first kappa shape index (κ1) is 15.5. The predicted octanol–water partition coefficient (Wildman–Crippen LogP) is 4.55. The van der Waals surface area contributed by atoms with Crippen LogP contribution in [0.25, 0.3) is 0 Å². The van der Waals surface area contributed by atoms with Crippen molar-refractivity contribution in [3.63, 3.8) is 0 Å². The van der Waals surface area contributed by atoms with E-state index in [-0.39, 0.29) is 5.91 Å². The van der Waals surface area contributed by atoms with Gasteiger partial charge in [0.05, 0.1) is 5.56 Å². The highest BCUT2D eigenvalue weighted by atomic mass is 127. The van der Waals surface area contributed by atoms with Crippen molar-refractivity contribution in [1.82, 2.24) is 5.32 Å². The second-order valence-corrected chi connectivity index (χ2v) is 6.58. The minimum absolute atomic E-state index is 0.0602. The standard InChI is InChI=1S/C16H15BrINO/c1-2-11-3-5-12(6-4-11)10-19-16(20)14-9-13(18)7-8-15(14)17/h3-9H,2,10H2,1H3,(H,19,20). The third-order valence-corrected chi connectivity index (χ3v) is 4.42. The molecule has 20 heavy (non-hydrogen) atoms. The van der Waals surface area contributed by atoms with E-state index in [9.17, 15) is 4.79 Å². The van der Waals surface area contributed by atoms with Crippen molar-refractivity contribution in [3.05, 3.63) is 67.2 Å². The summed E-state index contributed by atoms with van der Waals surface area (Å²) in [5.41, 5.74) is 3.08. The fourth-order valence-electron chi connectivity index (χ4n) is 1.84. The highest BCUT2D eigenvalue weighted by Gasteiger charge is 2.10. The molecule has 0 spiro atoms. The van der Waals surface area contributed by atoms with E-state index in [1.165, 1.54) is 5.56 Å².